The molecule has 2 aromatic rings. The van der Waals surface area contributed by atoms with Crippen molar-refractivity contribution in [3.8, 4) is 15.2 Å². The lowest BCUT2D eigenvalue weighted by molar-refractivity contribution is -0.138. The molecular formula is C13H12O6S2. The van der Waals surface area contributed by atoms with Crippen molar-refractivity contribution in [2.75, 3.05) is 13.2 Å². The van der Waals surface area contributed by atoms with Gasteiger partial charge in [-0.3, -0.25) is 4.79 Å². The van der Waals surface area contributed by atoms with Crippen LogP contribution in [-0.2, 0) is 9.59 Å². The fraction of sp³-hybridized carbons (Fsp3) is 0.231. The number of carboxylic acids is 1. The van der Waals surface area contributed by atoms with Crippen LogP contribution in [0.15, 0.2) is 29.6 Å². The number of carbonyl (C=O) groups is 2. The molecular weight excluding hydrogens is 316 g/mol. The molecule has 0 aromatic carbocycles. The van der Waals surface area contributed by atoms with Crippen molar-refractivity contribution in [2.24, 2.45) is 0 Å². The van der Waals surface area contributed by atoms with Crippen LogP contribution in [0.25, 0.3) is 0 Å². The molecule has 0 aliphatic heterocycles. The van der Waals surface area contributed by atoms with Crippen LogP contribution in [0.4, 0.5) is 0 Å². The molecule has 0 fully saturated rings. The van der Waals surface area contributed by atoms with E-state index in [0.29, 0.717) is 15.2 Å². The lowest BCUT2D eigenvalue weighted by atomic mass is 10.5. The second-order valence-electron chi connectivity index (χ2n) is 3.76. The first-order valence-corrected chi connectivity index (χ1v) is 7.64. The van der Waals surface area contributed by atoms with Gasteiger partial charge in [0.05, 0.1) is 13.0 Å². The summed E-state index contributed by atoms with van der Waals surface area (Å²) in [5.41, 5.74) is 0. The van der Waals surface area contributed by atoms with E-state index in [1.807, 2.05) is 11.4 Å². The second kappa shape index (κ2) is 7.65. The van der Waals surface area contributed by atoms with E-state index in [-0.39, 0.29) is 19.6 Å². The molecule has 1 N–H and O–H groups in total. The summed E-state index contributed by atoms with van der Waals surface area (Å²) in [6.07, 6.45) is -0.0817. The summed E-state index contributed by atoms with van der Waals surface area (Å²) >= 11 is 2.52. The summed E-state index contributed by atoms with van der Waals surface area (Å²) in [6.45, 7) is -0.0989. The quantitative estimate of drug-likeness (QED) is 0.750. The molecule has 0 aliphatic carbocycles. The Balaban J connectivity index is 1.73. The van der Waals surface area contributed by atoms with Crippen molar-refractivity contribution in [1.82, 2.24) is 0 Å². The number of esters is 1. The van der Waals surface area contributed by atoms with Crippen LogP contribution in [0.2, 0.25) is 0 Å². The van der Waals surface area contributed by atoms with Crippen LogP contribution in [-0.4, -0.2) is 30.3 Å². The third kappa shape index (κ3) is 5.44. The number of hydrogen-bond donors (Lipinski definition) is 1. The molecule has 0 amide bonds. The Morgan fingerprint density at radius 3 is 2.62 bits per heavy atom. The summed E-state index contributed by atoms with van der Waals surface area (Å²) in [7, 11) is 0. The number of thiophene rings is 2. The van der Waals surface area contributed by atoms with Crippen LogP contribution in [0.3, 0.4) is 0 Å². The maximum absolute atomic E-state index is 11.6. The summed E-state index contributed by atoms with van der Waals surface area (Å²) < 4.78 is 15.5. The lowest BCUT2D eigenvalue weighted by Crippen LogP contribution is -2.16. The van der Waals surface area contributed by atoms with Gasteiger partial charge in [0.1, 0.15) is 0 Å². The highest BCUT2D eigenvalue weighted by Gasteiger charge is 2.10. The van der Waals surface area contributed by atoms with Crippen LogP contribution < -0.4 is 14.2 Å². The predicted octanol–water partition coefficient (Wildman–Crippen LogP) is 2.65. The first kappa shape index (κ1) is 15.3. The van der Waals surface area contributed by atoms with Crippen molar-refractivity contribution in [2.45, 2.75) is 6.42 Å². The summed E-state index contributed by atoms with van der Waals surface area (Å²) in [5, 5.41) is 11.9. The Bertz CT molecular complexity index is 590. The number of carboxylic acid groups (broad SMARTS) is 1. The highest BCUT2D eigenvalue weighted by molar-refractivity contribution is 7.15. The number of ether oxygens (including phenoxy) is 3. The van der Waals surface area contributed by atoms with Crippen LogP contribution >= 0.6 is 22.7 Å². The highest BCUT2D eigenvalue weighted by atomic mass is 32.1. The smallest absolute Gasteiger partial charge is 0.350 e. The zero-order valence-corrected chi connectivity index (χ0v) is 12.4. The van der Waals surface area contributed by atoms with E-state index in [4.69, 9.17) is 19.3 Å². The van der Waals surface area contributed by atoms with Gasteiger partial charge in [-0.05, 0) is 29.6 Å². The van der Waals surface area contributed by atoms with Crippen molar-refractivity contribution in [1.29, 1.82) is 0 Å². The van der Waals surface area contributed by atoms with Gasteiger partial charge < -0.3 is 19.3 Å². The number of aliphatic carboxylic acids is 1. The number of hydrogen-bond acceptors (Lipinski definition) is 7. The molecule has 21 heavy (non-hydrogen) atoms. The molecule has 0 unspecified atom stereocenters. The minimum absolute atomic E-state index is 0.0741. The minimum atomic E-state index is -0.927. The van der Waals surface area contributed by atoms with Gasteiger partial charge in [0.2, 0.25) is 0 Å². The molecule has 2 heterocycles. The van der Waals surface area contributed by atoms with Gasteiger partial charge >= 0.3 is 11.9 Å². The molecule has 2 aromatic heterocycles. The monoisotopic (exact) mass is 328 g/mol. The van der Waals surface area contributed by atoms with E-state index in [1.165, 1.54) is 11.3 Å². The van der Waals surface area contributed by atoms with Gasteiger partial charge in [0.25, 0.3) is 0 Å². The Labute approximate surface area is 128 Å². The predicted molar refractivity (Wildman–Crippen MR) is 77.5 cm³/mol. The average Bonchev–Trinajstić information content (AvgIpc) is 3.08. The molecule has 0 spiro atoms. The van der Waals surface area contributed by atoms with Gasteiger partial charge in [-0.1, -0.05) is 11.3 Å². The average molecular weight is 328 g/mol. The summed E-state index contributed by atoms with van der Waals surface area (Å²) in [4.78, 5) is 21.9. The topological polar surface area (TPSA) is 82.1 Å². The molecule has 112 valence electrons. The van der Waals surface area contributed by atoms with Crippen LogP contribution in [0, 0.1) is 0 Å². The standard InChI is InChI=1S/C13H12O6S2/c14-9(15)5-6-17-12-3-4-13(21-12)19-10(16)8-18-11-2-1-7-20-11/h1-4,7H,5-6,8H2,(H,14,15). The molecule has 6 nitrogen and oxygen atoms in total. The van der Waals surface area contributed by atoms with Gasteiger partial charge in [0, 0.05) is 0 Å². The molecule has 0 radical (unpaired) electrons. The SMILES string of the molecule is O=C(O)CCOc1ccc(OC(=O)COc2cccs2)s1. The molecule has 0 atom stereocenters. The second-order valence-corrected chi connectivity index (χ2v) is 5.68. The molecule has 8 heteroatoms. The van der Waals surface area contributed by atoms with Gasteiger partial charge in [0.15, 0.2) is 21.8 Å². The number of rotatable bonds is 8. The molecule has 0 aliphatic rings. The Hall–Kier alpha value is -2.06. The maximum atomic E-state index is 11.6. The highest BCUT2D eigenvalue weighted by Crippen LogP contribution is 2.31. The summed E-state index contributed by atoms with van der Waals surface area (Å²) in [6, 6.07) is 6.79. The van der Waals surface area contributed by atoms with Crippen molar-refractivity contribution >= 4 is 34.6 Å². The van der Waals surface area contributed by atoms with E-state index in [9.17, 15) is 9.59 Å². The lowest BCUT2D eigenvalue weighted by Gasteiger charge is -2.03. The van der Waals surface area contributed by atoms with Gasteiger partial charge in [-0.2, -0.15) is 0 Å². The first-order chi connectivity index (χ1) is 10.1. The van der Waals surface area contributed by atoms with E-state index in [1.54, 1.807) is 18.2 Å². The third-order valence-corrected chi connectivity index (χ3v) is 3.81. The Morgan fingerprint density at radius 2 is 1.90 bits per heavy atom. The molecule has 0 saturated heterocycles. The maximum Gasteiger partial charge on any atom is 0.350 e. The van der Waals surface area contributed by atoms with E-state index in [2.05, 4.69) is 0 Å². The van der Waals surface area contributed by atoms with Crippen LogP contribution in [0.1, 0.15) is 6.42 Å². The largest absolute Gasteiger partial charge is 0.483 e. The Kier molecular flexibility index (Phi) is 5.59. The fourth-order valence-corrected chi connectivity index (χ4v) is 2.61. The van der Waals surface area contributed by atoms with Gasteiger partial charge in [-0.15, -0.1) is 11.3 Å². The Morgan fingerprint density at radius 1 is 1.10 bits per heavy atom. The van der Waals surface area contributed by atoms with Crippen LogP contribution in [0.5, 0.6) is 15.2 Å². The normalized spacial score (nSPS) is 10.1. The molecule has 2 rings (SSSR count). The fourth-order valence-electron chi connectivity index (χ4n) is 1.29. The minimum Gasteiger partial charge on any atom is -0.483 e. The zero-order chi connectivity index (χ0) is 15.1. The van der Waals surface area contributed by atoms with E-state index in [0.717, 1.165) is 11.3 Å². The van der Waals surface area contributed by atoms with Crippen molar-refractivity contribution in [3.63, 3.8) is 0 Å². The van der Waals surface area contributed by atoms with Crippen molar-refractivity contribution in [3.05, 3.63) is 29.6 Å². The first-order valence-electron chi connectivity index (χ1n) is 5.95. The number of carbonyl (C=O) groups excluding carboxylic acids is 1. The third-order valence-electron chi connectivity index (χ3n) is 2.16. The molecule has 0 bridgehead atoms. The molecule has 0 saturated carbocycles. The zero-order valence-electron chi connectivity index (χ0n) is 10.8. The van der Waals surface area contributed by atoms with E-state index >= 15 is 0 Å². The van der Waals surface area contributed by atoms with E-state index < -0.39 is 11.9 Å². The van der Waals surface area contributed by atoms with Crippen molar-refractivity contribution < 1.29 is 28.9 Å². The summed E-state index contributed by atoms with van der Waals surface area (Å²) in [5.74, 6) is -1.44. The van der Waals surface area contributed by atoms with Gasteiger partial charge in [-0.25, -0.2) is 4.79 Å².